The lowest BCUT2D eigenvalue weighted by Crippen LogP contribution is -2.41. The van der Waals surface area contributed by atoms with Gasteiger partial charge in [-0.1, -0.05) is 6.92 Å². The second-order valence-electron chi connectivity index (χ2n) is 5.10. The van der Waals surface area contributed by atoms with Gasteiger partial charge in [0.15, 0.2) is 0 Å². The molecule has 1 aromatic rings. The Hall–Kier alpha value is -0.385. The highest BCUT2D eigenvalue weighted by Crippen LogP contribution is 2.36. The Labute approximate surface area is 101 Å². The van der Waals surface area contributed by atoms with E-state index in [1.165, 1.54) is 4.88 Å². The zero-order valence-electron chi connectivity index (χ0n) is 10.5. The molecule has 1 saturated heterocycles. The van der Waals surface area contributed by atoms with Crippen molar-refractivity contribution in [2.24, 2.45) is 0 Å². The van der Waals surface area contributed by atoms with Gasteiger partial charge in [-0.05, 0) is 34.1 Å². The first-order valence-electron chi connectivity index (χ1n) is 5.65. The van der Waals surface area contributed by atoms with Gasteiger partial charge < -0.3 is 9.31 Å². The van der Waals surface area contributed by atoms with E-state index in [9.17, 15) is 0 Å². The number of rotatable bonds is 2. The molecule has 2 rings (SSSR count). The van der Waals surface area contributed by atoms with Crippen molar-refractivity contribution >= 4 is 24.0 Å². The third-order valence-electron chi connectivity index (χ3n) is 3.47. The number of hydrogen-bond acceptors (Lipinski definition) is 4. The molecule has 0 bridgehead atoms. The standard InChI is InChI=1S/C11H18BNO2S/c1-6-8-9(13-7-16-8)12-14-10(2,3)11(4,5)15-12/h7H,6H2,1-5H3. The summed E-state index contributed by atoms with van der Waals surface area (Å²) in [5, 5.41) is 0. The van der Waals surface area contributed by atoms with E-state index in [2.05, 4.69) is 39.6 Å². The van der Waals surface area contributed by atoms with Gasteiger partial charge in [0.1, 0.15) is 0 Å². The predicted molar refractivity (Wildman–Crippen MR) is 67.2 cm³/mol. The molecule has 88 valence electrons. The fourth-order valence-corrected chi connectivity index (χ4v) is 2.42. The Kier molecular flexibility index (Phi) is 2.89. The fraction of sp³-hybridized carbons (Fsp3) is 0.727. The van der Waals surface area contributed by atoms with Gasteiger partial charge in [0.25, 0.3) is 0 Å². The van der Waals surface area contributed by atoms with Gasteiger partial charge in [0.2, 0.25) is 0 Å². The van der Waals surface area contributed by atoms with Crippen molar-refractivity contribution in [3.05, 3.63) is 10.4 Å². The van der Waals surface area contributed by atoms with E-state index in [0.29, 0.717) is 0 Å². The van der Waals surface area contributed by atoms with Crippen molar-refractivity contribution in [1.82, 2.24) is 4.98 Å². The van der Waals surface area contributed by atoms with Crippen LogP contribution in [0.5, 0.6) is 0 Å². The minimum Gasteiger partial charge on any atom is -0.398 e. The lowest BCUT2D eigenvalue weighted by molar-refractivity contribution is 0.00578. The summed E-state index contributed by atoms with van der Waals surface area (Å²) in [7, 11) is -0.314. The molecule has 0 amide bonds. The minimum atomic E-state index is -0.314. The lowest BCUT2D eigenvalue weighted by Gasteiger charge is -2.32. The van der Waals surface area contributed by atoms with Gasteiger partial charge in [-0.2, -0.15) is 0 Å². The molecule has 5 heteroatoms. The van der Waals surface area contributed by atoms with Crippen LogP contribution >= 0.6 is 11.3 Å². The van der Waals surface area contributed by atoms with Crippen LogP contribution in [0.25, 0.3) is 0 Å². The van der Waals surface area contributed by atoms with Gasteiger partial charge in [0, 0.05) is 4.88 Å². The fourth-order valence-electron chi connectivity index (χ4n) is 1.69. The molecular formula is C11H18BNO2S. The Morgan fingerprint density at radius 2 is 1.81 bits per heavy atom. The Morgan fingerprint density at radius 1 is 1.25 bits per heavy atom. The Balaban J connectivity index is 2.27. The van der Waals surface area contributed by atoms with Crippen LogP contribution in [0, 0.1) is 0 Å². The average Bonchev–Trinajstić information content (AvgIpc) is 2.69. The molecule has 0 atom stereocenters. The monoisotopic (exact) mass is 239 g/mol. The van der Waals surface area contributed by atoms with E-state index in [1.54, 1.807) is 11.3 Å². The predicted octanol–water partition coefficient (Wildman–Crippen LogP) is 2.00. The quantitative estimate of drug-likeness (QED) is 0.740. The molecule has 1 aliphatic rings. The summed E-state index contributed by atoms with van der Waals surface area (Å²) >= 11 is 1.67. The molecule has 0 radical (unpaired) electrons. The van der Waals surface area contributed by atoms with Crippen molar-refractivity contribution in [2.75, 3.05) is 0 Å². The van der Waals surface area contributed by atoms with Crippen molar-refractivity contribution in [3.8, 4) is 0 Å². The first kappa shape index (κ1) is 12.1. The number of thiazole rings is 1. The topological polar surface area (TPSA) is 31.4 Å². The van der Waals surface area contributed by atoms with Crippen LogP contribution in [0.1, 0.15) is 39.5 Å². The van der Waals surface area contributed by atoms with Crippen LogP contribution < -0.4 is 5.59 Å². The molecule has 1 aromatic heterocycles. The molecule has 0 aliphatic carbocycles. The van der Waals surface area contributed by atoms with E-state index in [-0.39, 0.29) is 18.3 Å². The molecule has 3 nitrogen and oxygen atoms in total. The van der Waals surface area contributed by atoms with Gasteiger partial charge in [-0.15, -0.1) is 11.3 Å². The summed E-state index contributed by atoms with van der Waals surface area (Å²) in [6.07, 6.45) is 0.976. The van der Waals surface area contributed by atoms with Crippen molar-refractivity contribution in [2.45, 2.75) is 52.2 Å². The summed E-state index contributed by atoms with van der Waals surface area (Å²) in [6.45, 7) is 10.4. The van der Waals surface area contributed by atoms with Gasteiger partial charge in [-0.25, -0.2) is 0 Å². The minimum absolute atomic E-state index is 0.285. The van der Waals surface area contributed by atoms with E-state index >= 15 is 0 Å². The molecule has 2 heterocycles. The normalized spacial score (nSPS) is 22.7. The van der Waals surface area contributed by atoms with Crippen LogP contribution in [0.2, 0.25) is 0 Å². The average molecular weight is 239 g/mol. The second-order valence-corrected chi connectivity index (χ2v) is 6.04. The zero-order chi connectivity index (χ0) is 12.0. The molecule has 16 heavy (non-hydrogen) atoms. The largest absolute Gasteiger partial charge is 0.515 e. The summed E-state index contributed by atoms with van der Waals surface area (Å²) < 4.78 is 11.9. The van der Waals surface area contributed by atoms with Gasteiger partial charge >= 0.3 is 7.12 Å². The molecule has 0 spiro atoms. The van der Waals surface area contributed by atoms with E-state index in [4.69, 9.17) is 9.31 Å². The first-order chi connectivity index (χ1) is 7.37. The maximum Gasteiger partial charge on any atom is 0.515 e. The number of aromatic nitrogens is 1. The number of hydrogen-bond donors (Lipinski definition) is 0. The highest BCUT2D eigenvalue weighted by molar-refractivity contribution is 7.10. The summed E-state index contributed by atoms with van der Waals surface area (Å²) in [5.74, 6) is 0. The second kappa shape index (κ2) is 3.82. The number of aryl methyl sites for hydroxylation is 1. The van der Waals surface area contributed by atoms with Crippen molar-refractivity contribution in [3.63, 3.8) is 0 Å². The van der Waals surface area contributed by atoms with Crippen LogP contribution in [0.15, 0.2) is 5.51 Å². The molecule has 0 unspecified atom stereocenters. The van der Waals surface area contributed by atoms with E-state index in [1.807, 2.05) is 5.51 Å². The highest BCUT2D eigenvalue weighted by atomic mass is 32.1. The third kappa shape index (κ3) is 1.81. The Morgan fingerprint density at radius 3 is 2.31 bits per heavy atom. The Bertz CT molecular complexity index is 373. The first-order valence-corrected chi connectivity index (χ1v) is 6.53. The smallest absolute Gasteiger partial charge is 0.398 e. The molecule has 0 saturated carbocycles. The number of nitrogens with zero attached hydrogens (tertiary/aromatic N) is 1. The molecule has 1 aliphatic heterocycles. The van der Waals surface area contributed by atoms with E-state index < -0.39 is 0 Å². The third-order valence-corrected chi connectivity index (χ3v) is 4.46. The summed E-state index contributed by atoms with van der Waals surface area (Å²) in [5.41, 5.74) is 2.24. The van der Waals surface area contributed by atoms with Crippen LogP contribution in [0.3, 0.4) is 0 Å². The highest BCUT2D eigenvalue weighted by Gasteiger charge is 2.52. The van der Waals surface area contributed by atoms with Crippen molar-refractivity contribution < 1.29 is 9.31 Å². The van der Waals surface area contributed by atoms with Crippen LogP contribution in [-0.2, 0) is 15.7 Å². The van der Waals surface area contributed by atoms with Crippen molar-refractivity contribution in [1.29, 1.82) is 0 Å². The molecule has 0 N–H and O–H groups in total. The summed E-state index contributed by atoms with van der Waals surface area (Å²) in [4.78, 5) is 5.62. The lowest BCUT2D eigenvalue weighted by atomic mass is 9.83. The maximum atomic E-state index is 5.97. The van der Waals surface area contributed by atoms with Crippen LogP contribution in [0.4, 0.5) is 0 Å². The SMILES string of the molecule is CCc1scnc1B1OC(C)(C)C(C)(C)O1. The molecular weight excluding hydrogens is 221 g/mol. The van der Waals surface area contributed by atoms with E-state index in [0.717, 1.165) is 12.0 Å². The van der Waals surface area contributed by atoms with Gasteiger partial charge in [-0.3, -0.25) is 4.98 Å². The summed E-state index contributed by atoms with van der Waals surface area (Å²) in [6, 6.07) is 0. The van der Waals surface area contributed by atoms with Gasteiger partial charge in [0.05, 0.1) is 22.3 Å². The zero-order valence-corrected chi connectivity index (χ0v) is 11.4. The maximum absolute atomic E-state index is 5.97. The molecule has 1 fully saturated rings. The van der Waals surface area contributed by atoms with Crippen LogP contribution in [-0.4, -0.2) is 23.3 Å². The molecule has 0 aromatic carbocycles.